The van der Waals surface area contributed by atoms with E-state index in [9.17, 15) is 18.8 Å². The number of nitrogens with zero attached hydrogens (tertiary/aromatic N) is 2. The number of fused-ring (bicyclic) bond motifs is 1. The maximum absolute atomic E-state index is 14.9. The van der Waals surface area contributed by atoms with Crippen molar-refractivity contribution in [1.29, 1.82) is 0 Å². The number of hydrogen-bond donors (Lipinski definition) is 1. The molecular formula is C21H26FN3O5. The van der Waals surface area contributed by atoms with Crippen LogP contribution in [0.1, 0.15) is 41.6 Å². The normalized spacial score (nSPS) is 22.7. The Labute approximate surface area is 174 Å². The molecule has 1 aromatic carbocycles. The van der Waals surface area contributed by atoms with E-state index in [0.717, 1.165) is 12.8 Å². The fourth-order valence-electron chi connectivity index (χ4n) is 4.71. The molecule has 1 unspecified atom stereocenters. The van der Waals surface area contributed by atoms with Gasteiger partial charge in [-0.3, -0.25) is 19.7 Å². The van der Waals surface area contributed by atoms with E-state index in [1.54, 1.807) is 20.3 Å². The molecule has 0 aliphatic carbocycles. The summed E-state index contributed by atoms with van der Waals surface area (Å²) in [4.78, 5) is 39.9. The number of benzene rings is 1. The summed E-state index contributed by atoms with van der Waals surface area (Å²) in [6, 6.07) is 2.29. The van der Waals surface area contributed by atoms with Crippen LogP contribution < -0.4 is 10.2 Å². The molecule has 3 aliphatic rings. The monoisotopic (exact) mass is 419 g/mol. The number of piperidine rings is 2. The number of halogens is 1. The lowest BCUT2D eigenvalue weighted by Crippen LogP contribution is -2.52. The second kappa shape index (κ2) is 8.31. The summed E-state index contributed by atoms with van der Waals surface area (Å²) in [5, 5.41) is 2.28. The molecule has 30 heavy (non-hydrogen) atoms. The highest BCUT2D eigenvalue weighted by Gasteiger charge is 2.40. The Balaban J connectivity index is 1.50. The molecular weight excluding hydrogens is 393 g/mol. The minimum absolute atomic E-state index is 0.170. The van der Waals surface area contributed by atoms with Gasteiger partial charge in [-0.1, -0.05) is 0 Å². The number of carbonyl (C=O) groups is 3. The summed E-state index contributed by atoms with van der Waals surface area (Å²) in [6.45, 7) is 1.44. The zero-order valence-corrected chi connectivity index (χ0v) is 17.2. The summed E-state index contributed by atoms with van der Waals surface area (Å²) in [5.74, 6) is -1.24. The Morgan fingerprint density at radius 3 is 2.43 bits per heavy atom. The van der Waals surface area contributed by atoms with Crippen LogP contribution in [0.2, 0.25) is 0 Å². The van der Waals surface area contributed by atoms with Crippen LogP contribution in [0.5, 0.6) is 0 Å². The molecule has 3 aliphatic heterocycles. The molecule has 2 fully saturated rings. The molecule has 3 heterocycles. The van der Waals surface area contributed by atoms with Gasteiger partial charge in [-0.25, -0.2) is 4.39 Å². The fraction of sp³-hybridized carbons (Fsp3) is 0.571. The first-order valence-electron chi connectivity index (χ1n) is 10.2. The third-order valence-electron chi connectivity index (χ3n) is 6.32. The number of ether oxygens (including phenoxy) is 2. The van der Waals surface area contributed by atoms with Crippen molar-refractivity contribution in [3.05, 3.63) is 29.1 Å². The minimum atomic E-state index is -0.704. The highest BCUT2D eigenvalue weighted by molar-refractivity contribution is 6.05. The van der Waals surface area contributed by atoms with Crippen LogP contribution in [0.25, 0.3) is 0 Å². The number of imide groups is 1. The SMILES string of the molecule is COC(OC)C1CCN(c2cc3c(cc2F)CN(C2CCC(=O)NC2=O)C3=O)CC1. The van der Waals surface area contributed by atoms with Gasteiger partial charge in [0.25, 0.3) is 5.91 Å². The average molecular weight is 419 g/mol. The van der Waals surface area contributed by atoms with Crippen molar-refractivity contribution < 1.29 is 28.2 Å². The first-order valence-corrected chi connectivity index (χ1v) is 10.2. The molecule has 162 valence electrons. The lowest BCUT2D eigenvalue weighted by Gasteiger charge is -2.36. The maximum atomic E-state index is 14.9. The number of amides is 3. The quantitative estimate of drug-likeness (QED) is 0.574. The molecule has 0 bridgehead atoms. The van der Waals surface area contributed by atoms with Crippen LogP contribution in [0.15, 0.2) is 12.1 Å². The number of nitrogens with one attached hydrogen (secondary N) is 1. The van der Waals surface area contributed by atoms with Crippen LogP contribution >= 0.6 is 0 Å². The van der Waals surface area contributed by atoms with Crippen molar-refractivity contribution in [2.45, 2.75) is 44.6 Å². The third-order valence-corrected chi connectivity index (χ3v) is 6.32. The standard InChI is InChI=1S/C21H26FN3O5/c1-29-21(30-2)12-5-7-24(8-6-12)17-10-14-13(9-15(17)22)11-25(20(14)28)16-3-4-18(26)23-19(16)27/h9-10,12,16,21H,3-8,11H2,1-2H3,(H,23,26,27). The molecule has 2 saturated heterocycles. The Kier molecular flexibility index (Phi) is 5.75. The van der Waals surface area contributed by atoms with E-state index < -0.39 is 11.9 Å². The van der Waals surface area contributed by atoms with Gasteiger partial charge in [0.2, 0.25) is 11.8 Å². The van der Waals surface area contributed by atoms with Gasteiger partial charge in [-0.05, 0) is 37.0 Å². The minimum Gasteiger partial charge on any atom is -0.369 e. The molecule has 8 nitrogen and oxygen atoms in total. The van der Waals surface area contributed by atoms with E-state index in [2.05, 4.69) is 5.32 Å². The van der Waals surface area contributed by atoms with Crippen LogP contribution in [-0.4, -0.2) is 62.3 Å². The Hall–Kier alpha value is -2.52. The predicted molar refractivity (Wildman–Crippen MR) is 105 cm³/mol. The lowest BCUT2D eigenvalue weighted by molar-refractivity contribution is -0.141. The van der Waals surface area contributed by atoms with Gasteiger partial charge in [-0.2, -0.15) is 0 Å². The first-order chi connectivity index (χ1) is 14.4. The Morgan fingerprint density at radius 1 is 1.10 bits per heavy atom. The van der Waals surface area contributed by atoms with Gasteiger partial charge in [0.1, 0.15) is 11.9 Å². The molecule has 0 radical (unpaired) electrons. The van der Waals surface area contributed by atoms with Crippen LogP contribution in [-0.2, 0) is 25.6 Å². The Morgan fingerprint density at radius 2 is 1.80 bits per heavy atom. The number of carbonyl (C=O) groups excluding carboxylic acids is 3. The molecule has 1 atom stereocenters. The summed E-state index contributed by atoms with van der Waals surface area (Å²) >= 11 is 0. The number of hydrogen-bond acceptors (Lipinski definition) is 6. The predicted octanol–water partition coefficient (Wildman–Crippen LogP) is 1.42. The third kappa shape index (κ3) is 3.67. The van der Waals surface area contributed by atoms with E-state index in [-0.39, 0.29) is 49.2 Å². The van der Waals surface area contributed by atoms with Gasteiger partial charge in [0, 0.05) is 51.8 Å². The summed E-state index contributed by atoms with van der Waals surface area (Å²) in [7, 11) is 3.22. The number of methoxy groups -OCH3 is 2. The van der Waals surface area contributed by atoms with Gasteiger partial charge in [0.15, 0.2) is 6.29 Å². The van der Waals surface area contributed by atoms with Crippen molar-refractivity contribution in [3.63, 3.8) is 0 Å². The van der Waals surface area contributed by atoms with Crippen LogP contribution in [0.4, 0.5) is 10.1 Å². The number of rotatable bonds is 5. The topological polar surface area (TPSA) is 88.2 Å². The van der Waals surface area contributed by atoms with E-state index in [1.165, 1.54) is 11.0 Å². The molecule has 1 N–H and O–H groups in total. The highest BCUT2D eigenvalue weighted by Crippen LogP contribution is 2.34. The second-order valence-electron chi connectivity index (χ2n) is 8.02. The van der Waals surface area contributed by atoms with Crippen molar-refractivity contribution in [2.75, 3.05) is 32.2 Å². The average Bonchev–Trinajstić information content (AvgIpc) is 3.04. The van der Waals surface area contributed by atoms with E-state index in [1.807, 2.05) is 4.90 Å². The molecule has 1 aromatic rings. The zero-order valence-electron chi connectivity index (χ0n) is 17.2. The molecule has 0 aromatic heterocycles. The maximum Gasteiger partial charge on any atom is 0.255 e. The van der Waals surface area contributed by atoms with Crippen molar-refractivity contribution in [3.8, 4) is 0 Å². The van der Waals surface area contributed by atoms with Crippen molar-refractivity contribution >= 4 is 23.4 Å². The lowest BCUT2D eigenvalue weighted by atomic mass is 9.95. The highest BCUT2D eigenvalue weighted by atomic mass is 19.1. The molecule has 0 saturated carbocycles. The fourth-order valence-corrected chi connectivity index (χ4v) is 4.71. The molecule has 3 amide bonds. The van der Waals surface area contributed by atoms with Crippen LogP contribution in [0.3, 0.4) is 0 Å². The van der Waals surface area contributed by atoms with Gasteiger partial charge in [0.05, 0.1) is 5.69 Å². The van der Waals surface area contributed by atoms with E-state index in [4.69, 9.17) is 9.47 Å². The van der Waals surface area contributed by atoms with Gasteiger partial charge >= 0.3 is 0 Å². The van der Waals surface area contributed by atoms with Crippen LogP contribution in [0, 0.1) is 11.7 Å². The summed E-state index contributed by atoms with van der Waals surface area (Å²) < 4.78 is 25.6. The smallest absolute Gasteiger partial charge is 0.255 e. The largest absolute Gasteiger partial charge is 0.369 e. The van der Waals surface area contributed by atoms with Crippen molar-refractivity contribution in [2.24, 2.45) is 5.92 Å². The van der Waals surface area contributed by atoms with Gasteiger partial charge < -0.3 is 19.3 Å². The molecule has 0 spiro atoms. The molecule has 9 heteroatoms. The second-order valence-corrected chi connectivity index (χ2v) is 8.02. The van der Waals surface area contributed by atoms with Gasteiger partial charge in [-0.15, -0.1) is 0 Å². The Bertz CT molecular complexity index is 864. The zero-order chi connectivity index (χ0) is 21.4. The van der Waals surface area contributed by atoms with E-state index in [0.29, 0.717) is 29.9 Å². The first kappa shape index (κ1) is 20.7. The van der Waals surface area contributed by atoms with E-state index >= 15 is 0 Å². The number of anilines is 1. The van der Waals surface area contributed by atoms with Crippen molar-refractivity contribution in [1.82, 2.24) is 10.2 Å². The summed E-state index contributed by atoms with van der Waals surface area (Å²) in [5.41, 5.74) is 1.39. The summed E-state index contributed by atoms with van der Waals surface area (Å²) in [6.07, 6.45) is 1.78. The molecule has 4 rings (SSSR count).